The summed E-state index contributed by atoms with van der Waals surface area (Å²) >= 11 is 0. The number of nitrogens with one attached hydrogen (secondary N) is 2. The van der Waals surface area contributed by atoms with Gasteiger partial charge >= 0.3 is 5.97 Å². The summed E-state index contributed by atoms with van der Waals surface area (Å²) in [4.78, 5) is 29.0. The number of carboxylic acids is 1. The number of carboxylic acid groups (broad SMARTS) is 1. The molecule has 3 aliphatic rings. The maximum Gasteiger partial charge on any atom is 0.326 e. The van der Waals surface area contributed by atoms with Crippen LogP contribution in [0.2, 0.25) is 0 Å². The van der Waals surface area contributed by atoms with Crippen LogP contribution < -0.4 is 10.6 Å². The molecule has 1 atom stereocenters. The van der Waals surface area contributed by atoms with Crippen LogP contribution in [0.4, 0.5) is 5.82 Å². The number of nitrogens with zero attached hydrogens (tertiary/aromatic N) is 1. The third-order valence-electron chi connectivity index (χ3n) is 7.46. The van der Waals surface area contributed by atoms with E-state index < -0.39 is 17.4 Å². The molecule has 1 saturated heterocycles. The SMILES string of the molecule is CC1(C(=O)N[C@@H](CCO[C@H]2C[C@H](CCc3ccc4c(n3)NCCC4)C2)C(=O)O)CCOCC1. The molecule has 0 spiro atoms. The van der Waals surface area contributed by atoms with E-state index in [1.807, 2.05) is 6.92 Å². The van der Waals surface area contributed by atoms with Gasteiger partial charge in [-0.2, -0.15) is 0 Å². The lowest BCUT2D eigenvalue weighted by Crippen LogP contribution is -2.49. The lowest BCUT2D eigenvalue weighted by atomic mass is 9.79. The molecule has 1 amide bonds. The van der Waals surface area contributed by atoms with Crippen LogP contribution >= 0.6 is 0 Å². The molecule has 8 heteroatoms. The highest BCUT2D eigenvalue weighted by molar-refractivity contribution is 5.87. The fraction of sp³-hybridized carbons (Fsp3) is 0.720. The van der Waals surface area contributed by atoms with Crippen molar-refractivity contribution in [1.82, 2.24) is 10.3 Å². The number of carbonyl (C=O) groups is 2. The molecular formula is C25H37N3O5. The molecule has 1 aliphatic carbocycles. The van der Waals surface area contributed by atoms with Crippen molar-refractivity contribution in [2.24, 2.45) is 11.3 Å². The van der Waals surface area contributed by atoms with E-state index in [0.717, 1.165) is 50.2 Å². The van der Waals surface area contributed by atoms with Gasteiger partial charge < -0.3 is 25.2 Å². The molecule has 33 heavy (non-hydrogen) atoms. The number of carbonyl (C=O) groups excluding carboxylic acids is 1. The van der Waals surface area contributed by atoms with Gasteiger partial charge in [0, 0.05) is 38.5 Å². The molecule has 1 aromatic heterocycles. The van der Waals surface area contributed by atoms with E-state index in [4.69, 9.17) is 14.5 Å². The fourth-order valence-electron chi connectivity index (χ4n) is 4.90. The van der Waals surface area contributed by atoms with Gasteiger partial charge in [-0.15, -0.1) is 0 Å². The Morgan fingerprint density at radius 3 is 2.88 bits per heavy atom. The average molecular weight is 460 g/mol. The summed E-state index contributed by atoms with van der Waals surface area (Å²) in [5.41, 5.74) is 1.90. The van der Waals surface area contributed by atoms with Crippen LogP contribution in [0.1, 0.15) is 63.1 Å². The zero-order chi connectivity index (χ0) is 23.3. The monoisotopic (exact) mass is 459 g/mol. The van der Waals surface area contributed by atoms with E-state index in [-0.39, 0.29) is 18.4 Å². The van der Waals surface area contributed by atoms with Gasteiger partial charge in [0.1, 0.15) is 11.9 Å². The minimum Gasteiger partial charge on any atom is -0.480 e. The molecule has 3 heterocycles. The number of aryl methyl sites for hydroxylation is 2. The number of aliphatic carboxylic acids is 1. The minimum atomic E-state index is -1.01. The molecule has 0 unspecified atom stereocenters. The second-order valence-electron chi connectivity index (χ2n) is 10.0. The molecule has 8 nitrogen and oxygen atoms in total. The lowest BCUT2D eigenvalue weighted by Gasteiger charge is -2.36. The van der Waals surface area contributed by atoms with Gasteiger partial charge in [-0.05, 0) is 68.9 Å². The first-order valence-corrected chi connectivity index (χ1v) is 12.4. The second-order valence-corrected chi connectivity index (χ2v) is 10.0. The van der Waals surface area contributed by atoms with Gasteiger partial charge in [-0.1, -0.05) is 13.0 Å². The van der Waals surface area contributed by atoms with E-state index in [2.05, 4.69) is 22.8 Å². The van der Waals surface area contributed by atoms with Crippen molar-refractivity contribution in [1.29, 1.82) is 0 Å². The number of rotatable bonds is 10. The van der Waals surface area contributed by atoms with Crippen LogP contribution in [0.3, 0.4) is 0 Å². The van der Waals surface area contributed by atoms with E-state index in [1.165, 1.54) is 12.0 Å². The molecule has 1 aromatic rings. The van der Waals surface area contributed by atoms with Crippen LogP contribution in [0.25, 0.3) is 0 Å². The predicted octanol–water partition coefficient (Wildman–Crippen LogP) is 2.94. The third kappa shape index (κ3) is 6.23. The summed E-state index contributed by atoms with van der Waals surface area (Å²) in [5.74, 6) is 0.470. The normalized spacial score (nSPS) is 24.6. The van der Waals surface area contributed by atoms with Gasteiger partial charge in [-0.25, -0.2) is 9.78 Å². The second kappa shape index (κ2) is 10.8. The van der Waals surface area contributed by atoms with Crippen molar-refractivity contribution in [3.63, 3.8) is 0 Å². The Kier molecular flexibility index (Phi) is 7.86. The summed E-state index contributed by atoms with van der Waals surface area (Å²) in [6.07, 6.45) is 8.06. The Balaban J connectivity index is 1.13. The predicted molar refractivity (Wildman–Crippen MR) is 124 cm³/mol. The molecule has 182 valence electrons. The van der Waals surface area contributed by atoms with E-state index in [9.17, 15) is 14.7 Å². The number of aromatic nitrogens is 1. The van der Waals surface area contributed by atoms with Crippen molar-refractivity contribution in [2.45, 2.75) is 76.9 Å². The van der Waals surface area contributed by atoms with Gasteiger partial charge in [0.25, 0.3) is 0 Å². The lowest BCUT2D eigenvalue weighted by molar-refractivity contribution is -0.146. The van der Waals surface area contributed by atoms with Crippen molar-refractivity contribution in [2.75, 3.05) is 31.7 Å². The smallest absolute Gasteiger partial charge is 0.326 e. The first kappa shape index (κ1) is 24.0. The molecule has 4 rings (SSSR count). The fourth-order valence-corrected chi connectivity index (χ4v) is 4.90. The number of anilines is 1. The quantitative estimate of drug-likeness (QED) is 0.493. The largest absolute Gasteiger partial charge is 0.480 e. The van der Waals surface area contributed by atoms with Crippen molar-refractivity contribution >= 4 is 17.7 Å². The number of pyridine rings is 1. The van der Waals surface area contributed by atoms with Gasteiger partial charge in [-0.3, -0.25) is 4.79 Å². The van der Waals surface area contributed by atoms with Crippen LogP contribution in [0.15, 0.2) is 12.1 Å². The van der Waals surface area contributed by atoms with Crippen LogP contribution in [-0.4, -0.2) is 60.5 Å². The van der Waals surface area contributed by atoms with E-state index in [0.29, 0.717) is 38.6 Å². The zero-order valence-corrected chi connectivity index (χ0v) is 19.6. The maximum absolute atomic E-state index is 12.6. The Bertz CT molecular complexity index is 833. The van der Waals surface area contributed by atoms with Crippen molar-refractivity contribution in [3.8, 4) is 0 Å². The Morgan fingerprint density at radius 1 is 1.33 bits per heavy atom. The molecule has 0 aromatic carbocycles. The van der Waals surface area contributed by atoms with E-state index in [1.54, 1.807) is 0 Å². The topological polar surface area (TPSA) is 110 Å². The van der Waals surface area contributed by atoms with Crippen LogP contribution in [0.5, 0.6) is 0 Å². The van der Waals surface area contributed by atoms with Gasteiger partial charge in [0.05, 0.1) is 11.5 Å². The van der Waals surface area contributed by atoms with Crippen LogP contribution in [0, 0.1) is 11.3 Å². The number of hydrogen-bond acceptors (Lipinski definition) is 6. The van der Waals surface area contributed by atoms with E-state index >= 15 is 0 Å². The standard InChI is InChI=1S/C25H37N3O5/c1-25(9-13-32-14-10-25)24(31)28-21(23(29)30)8-12-33-20-15-17(16-20)4-6-19-7-5-18-3-2-11-26-22(18)27-19/h5,7,17,20-21H,2-4,6,8-16H2,1H3,(H,26,27)(H,28,31)(H,29,30)/t17-,20-,21-/m0/s1. The van der Waals surface area contributed by atoms with Gasteiger partial charge in [0.2, 0.25) is 5.91 Å². The Labute approximate surface area is 195 Å². The summed E-state index contributed by atoms with van der Waals surface area (Å²) in [7, 11) is 0. The Morgan fingerprint density at radius 2 is 2.12 bits per heavy atom. The molecule has 2 aliphatic heterocycles. The summed E-state index contributed by atoms with van der Waals surface area (Å²) in [6.45, 7) is 4.29. The first-order valence-electron chi connectivity index (χ1n) is 12.4. The van der Waals surface area contributed by atoms with Crippen molar-refractivity contribution < 1.29 is 24.2 Å². The molecule has 1 saturated carbocycles. The molecule has 0 radical (unpaired) electrons. The minimum absolute atomic E-state index is 0.186. The van der Waals surface area contributed by atoms with Gasteiger partial charge in [0.15, 0.2) is 0 Å². The average Bonchev–Trinajstić information content (AvgIpc) is 2.79. The summed E-state index contributed by atoms with van der Waals surface area (Å²) in [5, 5.41) is 15.6. The van der Waals surface area contributed by atoms with Crippen molar-refractivity contribution in [3.05, 3.63) is 23.4 Å². The molecule has 0 bridgehead atoms. The third-order valence-corrected chi connectivity index (χ3v) is 7.46. The maximum atomic E-state index is 12.6. The summed E-state index contributed by atoms with van der Waals surface area (Å²) in [6, 6.07) is 3.44. The highest BCUT2D eigenvalue weighted by Gasteiger charge is 2.37. The zero-order valence-electron chi connectivity index (χ0n) is 19.6. The molecular weight excluding hydrogens is 422 g/mol. The summed E-state index contributed by atoms with van der Waals surface area (Å²) < 4.78 is 11.2. The molecule has 2 fully saturated rings. The number of amides is 1. The molecule has 3 N–H and O–H groups in total. The highest BCUT2D eigenvalue weighted by Crippen LogP contribution is 2.34. The Hall–Kier alpha value is -2.19. The van der Waals surface area contributed by atoms with Crippen LogP contribution in [-0.2, 0) is 31.9 Å². The number of hydrogen-bond donors (Lipinski definition) is 3. The number of ether oxygens (including phenoxy) is 2. The highest BCUT2D eigenvalue weighted by atomic mass is 16.5. The number of fused-ring (bicyclic) bond motifs is 1. The first-order chi connectivity index (χ1) is 15.9.